The number of nitrogens with one attached hydrogen (secondary N) is 1. The molecule has 0 amide bonds. The number of halogens is 1. The van der Waals surface area contributed by atoms with Crippen molar-refractivity contribution in [1.82, 2.24) is 15.2 Å². The molecule has 1 aliphatic rings. The number of aliphatic imine (C=N–C) groups is 1. The molecule has 1 unspecified atom stereocenters. The first-order valence-corrected chi connectivity index (χ1v) is 9.03. The third-order valence-corrected chi connectivity index (χ3v) is 5.20. The van der Waals surface area contributed by atoms with Crippen LogP contribution in [0.5, 0.6) is 0 Å². The van der Waals surface area contributed by atoms with E-state index in [1.54, 1.807) is 11.3 Å². The van der Waals surface area contributed by atoms with E-state index in [4.69, 9.17) is 0 Å². The van der Waals surface area contributed by atoms with Crippen LogP contribution in [0.4, 0.5) is 0 Å². The summed E-state index contributed by atoms with van der Waals surface area (Å²) in [6.45, 7) is 4.94. The van der Waals surface area contributed by atoms with Crippen LogP contribution in [0.15, 0.2) is 40.7 Å². The van der Waals surface area contributed by atoms with E-state index in [0.717, 1.165) is 42.7 Å². The normalized spacial score (nSPS) is 17.7. The molecule has 0 saturated carbocycles. The van der Waals surface area contributed by atoms with E-state index in [2.05, 4.69) is 55.9 Å². The van der Waals surface area contributed by atoms with Gasteiger partial charge in [-0.2, -0.15) is 0 Å². The highest BCUT2D eigenvalue weighted by Gasteiger charge is 2.24. The molecule has 1 aromatic carbocycles. The summed E-state index contributed by atoms with van der Waals surface area (Å²) in [5, 5.41) is 6.65. The average Bonchev–Trinajstić information content (AvgIpc) is 3.19. The van der Waals surface area contributed by atoms with Crippen LogP contribution >= 0.6 is 35.3 Å². The van der Waals surface area contributed by atoms with Crippen molar-refractivity contribution in [3.63, 3.8) is 0 Å². The molecule has 1 aliphatic heterocycles. The quantitative estimate of drug-likeness (QED) is 0.433. The van der Waals surface area contributed by atoms with Gasteiger partial charge in [-0.25, -0.2) is 4.98 Å². The second-order valence-electron chi connectivity index (χ2n) is 6.07. The lowest BCUT2D eigenvalue weighted by Gasteiger charge is -2.21. The molecule has 1 aromatic heterocycles. The van der Waals surface area contributed by atoms with Crippen molar-refractivity contribution in [2.24, 2.45) is 10.9 Å². The third-order valence-electron chi connectivity index (χ3n) is 4.23. The molecule has 130 valence electrons. The standard InChI is InChI=1S/C18H24N4S.HI/c1-14-13-23-17(21-14)11-20-18(19-2)22-9-8-16(12-22)10-15-6-4-3-5-7-15;/h3-7,13,16H,8-12H2,1-2H3,(H,19,20);1H. The van der Waals surface area contributed by atoms with Gasteiger partial charge >= 0.3 is 0 Å². The Balaban J connectivity index is 0.00000208. The summed E-state index contributed by atoms with van der Waals surface area (Å²) in [5.74, 6) is 1.70. The number of likely N-dealkylation sites (tertiary alicyclic amines) is 1. The van der Waals surface area contributed by atoms with Crippen molar-refractivity contribution in [3.05, 3.63) is 52.0 Å². The number of aryl methyl sites for hydroxylation is 1. The summed E-state index contributed by atoms with van der Waals surface area (Å²) < 4.78 is 0. The highest BCUT2D eigenvalue weighted by Crippen LogP contribution is 2.21. The highest BCUT2D eigenvalue weighted by atomic mass is 127. The van der Waals surface area contributed by atoms with Crippen LogP contribution in [0, 0.1) is 12.8 Å². The van der Waals surface area contributed by atoms with Gasteiger partial charge in [0.2, 0.25) is 0 Å². The van der Waals surface area contributed by atoms with E-state index in [1.807, 2.05) is 14.0 Å². The largest absolute Gasteiger partial charge is 0.350 e. The van der Waals surface area contributed by atoms with E-state index < -0.39 is 0 Å². The molecule has 0 aliphatic carbocycles. The molecular weight excluding hydrogens is 431 g/mol. The van der Waals surface area contributed by atoms with E-state index in [-0.39, 0.29) is 24.0 Å². The van der Waals surface area contributed by atoms with Gasteiger partial charge in [-0.1, -0.05) is 30.3 Å². The molecule has 1 N–H and O–H groups in total. The van der Waals surface area contributed by atoms with Crippen LogP contribution in [-0.4, -0.2) is 36.0 Å². The van der Waals surface area contributed by atoms with Crippen molar-refractivity contribution >= 4 is 41.3 Å². The summed E-state index contributed by atoms with van der Waals surface area (Å²) >= 11 is 1.70. The maximum Gasteiger partial charge on any atom is 0.194 e. The van der Waals surface area contributed by atoms with Gasteiger partial charge in [-0.05, 0) is 31.2 Å². The highest BCUT2D eigenvalue weighted by molar-refractivity contribution is 14.0. The summed E-state index contributed by atoms with van der Waals surface area (Å²) in [4.78, 5) is 11.3. The van der Waals surface area contributed by atoms with Gasteiger partial charge in [0.05, 0.1) is 6.54 Å². The molecule has 2 aromatic rings. The van der Waals surface area contributed by atoms with Crippen molar-refractivity contribution in [2.75, 3.05) is 20.1 Å². The van der Waals surface area contributed by atoms with E-state index >= 15 is 0 Å². The molecule has 3 rings (SSSR count). The topological polar surface area (TPSA) is 40.5 Å². The zero-order valence-electron chi connectivity index (χ0n) is 14.2. The first-order chi connectivity index (χ1) is 11.2. The van der Waals surface area contributed by atoms with Crippen LogP contribution < -0.4 is 5.32 Å². The number of aromatic nitrogens is 1. The molecule has 6 heteroatoms. The van der Waals surface area contributed by atoms with Gasteiger partial charge in [-0.3, -0.25) is 4.99 Å². The number of benzene rings is 1. The van der Waals surface area contributed by atoms with Gasteiger partial charge in [0.1, 0.15) is 5.01 Å². The monoisotopic (exact) mass is 456 g/mol. The molecule has 0 bridgehead atoms. The summed E-state index contributed by atoms with van der Waals surface area (Å²) in [5.41, 5.74) is 2.52. The first-order valence-electron chi connectivity index (χ1n) is 8.15. The second kappa shape index (κ2) is 9.36. The van der Waals surface area contributed by atoms with Crippen LogP contribution in [-0.2, 0) is 13.0 Å². The zero-order chi connectivity index (χ0) is 16.1. The van der Waals surface area contributed by atoms with Crippen LogP contribution in [0.25, 0.3) is 0 Å². The number of hydrogen-bond donors (Lipinski definition) is 1. The Kier molecular flexibility index (Phi) is 7.48. The maximum absolute atomic E-state index is 4.50. The Labute approximate surface area is 165 Å². The molecule has 24 heavy (non-hydrogen) atoms. The van der Waals surface area contributed by atoms with Gasteiger partial charge in [0.25, 0.3) is 0 Å². The molecular formula is C18H25IN4S. The molecule has 0 radical (unpaired) electrons. The first kappa shape index (κ1) is 19.2. The number of rotatable bonds is 4. The van der Waals surface area contributed by atoms with Gasteiger partial charge in [-0.15, -0.1) is 35.3 Å². The fourth-order valence-corrected chi connectivity index (χ4v) is 3.82. The van der Waals surface area contributed by atoms with E-state index in [9.17, 15) is 0 Å². The van der Waals surface area contributed by atoms with Crippen LogP contribution in [0.3, 0.4) is 0 Å². The Morgan fingerprint density at radius 2 is 2.17 bits per heavy atom. The van der Waals surface area contributed by atoms with Crippen molar-refractivity contribution in [3.8, 4) is 0 Å². The zero-order valence-corrected chi connectivity index (χ0v) is 17.4. The molecule has 1 saturated heterocycles. The Morgan fingerprint density at radius 3 is 2.83 bits per heavy atom. The van der Waals surface area contributed by atoms with Crippen LogP contribution in [0.1, 0.15) is 22.7 Å². The van der Waals surface area contributed by atoms with Crippen molar-refractivity contribution < 1.29 is 0 Å². The SMILES string of the molecule is CN=C(NCc1nc(C)cs1)N1CCC(Cc2ccccc2)C1.I. The summed E-state index contributed by atoms with van der Waals surface area (Å²) in [6.07, 6.45) is 2.38. The lowest BCUT2D eigenvalue weighted by Crippen LogP contribution is -2.39. The predicted octanol–water partition coefficient (Wildman–Crippen LogP) is 3.71. The minimum atomic E-state index is 0. The Hall–Kier alpha value is -1.15. The van der Waals surface area contributed by atoms with Crippen molar-refractivity contribution in [1.29, 1.82) is 0 Å². The lowest BCUT2D eigenvalue weighted by atomic mass is 9.99. The number of nitrogens with zero attached hydrogens (tertiary/aromatic N) is 3. The minimum absolute atomic E-state index is 0. The maximum atomic E-state index is 4.50. The number of guanidine groups is 1. The molecule has 1 atom stereocenters. The van der Waals surface area contributed by atoms with E-state index in [0.29, 0.717) is 5.92 Å². The van der Waals surface area contributed by atoms with Crippen molar-refractivity contribution in [2.45, 2.75) is 26.3 Å². The Morgan fingerprint density at radius 1 is 1.38 bits per heavy atom. The fourth-order valence-electron chi connectivity index (χ4n) is 3.11. The molecule has 0 spiro atoms. The second-order valence-corrected chi connectivity index (χ2v) is 7.02. The third kappa shape index (κ3) is 5.17. The van der Waals surface area contributed by atoms with Gasteiger partial charge in [0.15, 0.2) is 5.96 Å². The van der Waals surface area contributed by atoms with E-state index in [1.165, 1.54) is 12.0 Å². The summed E-state index contributed by atoms with van der Waals surface area (Å²) in [7, 11) is 1.86. The number of hydrogen-bond acceptors (Lipinski definition) is 3. The number of thiazole rings is 1. The molecule has 1 fully saturated rings. The smallest absolute Gasteiger partial charge is 0.194 e. The summed E-state index contributed by atoms with van der Waals surface area (Å²) in [6, 6.07) is 10.8. The fraction of sp³-hybridized carbons (Fsp3) is 0.444. The van der Waals surface area contributed by atoms with Crippen LogP contribution in [0.2, 0.25) is 0 Å². The minimum Gasteiger partial charge on any atom is -0.350 e. The molecule has 2 heterocycles. The van der Waals surface area contributed by atoms with Gasteiger partial charge < -0.3 is 10.2 Å². The molecule has 4 nitrogen and oxygen atoms in total. The van der Waals surface area contributed by atoms with Gasteiger partial charge in [0, 0.05) is 31.2 Å². The lowest BCUT2D eigenvalue weighted by molar-refractivity contribution is 0.459. The average molecular weight is 456 g/mol. The predicted molar refractivity (Wildman–Crippen MR) is 112 cm³/mol. The Bertz CT molecular complexity index is 656.